The van der Waals surface area contributed by atoms with Gasteiger partial charge in [0, 0.05) is 39.6 Å². The van der Waals surface area contributed by atoms with Crippen LogP contribution in [0.4, 0.5) is 11.9 Å². The SMILES string of the molecule is CC(C)c1nc(NCC(c2ccccc2)N2CCOCC2)nc(N(C)C)n1. The van der Waals surface area contributed by atoms with Crippen LogP contribution in [0.25, 0.3) is 0 Å². The van der Waals surface area contributed by atoms with Crippen LogP contribution in [0.15, 0.2) is 30.3 Å². The van der Waals surface area contributed by atoms with E-state index in [2.05, 4.69) is 69.3 Å². The van der Waals surface area contributed by atoms with Gasteiger partial charge in [-0.2, -0.15) is 15.0 Å². The van der Waals surface area contributed by atoms with Gasteiger partial charge in [0.25, 0.3) is 0 Å². The maximum absolute atomic E-state index is 5.53. The second kappa shape index (κ2) is 9.10. The highest BCUT2D eigenvalue weighted by Crippen LogP contribution is 2.23. The van der Waals surface area contributed by atoms with Gasteiger partial charge in [0.15, 0.2) is 0 Å². The summed E-state index contributed by atoms with van der Waals surface area (Å²) in [6.07, 6.45) is 0. The molecule has 146 valence electrons. The molecule has 2 aromatic rings. The third-order valence-electron chi connectivity index (χ3n) is 4.68. The molecule has 1 aromatic carbocycles. The molecule has 1 saturated heterocycles. The van der Waals surface area contributed by atoms with Crippen LogP contribution in [0, 0.1) is 0 Å². The molecule has 1 unspecified atom stereocenters. The minimum absolute atomic E-state index is 0.247. The Bertz CT molecular complexity index is 689. The van der Waals surface area contributed by atoms with Crippen LogP contribution in [-0.2, 0) is 4.74 Å². The van der Waals surface area contributed by atoms with Crippen LogP contribution in [-0.4, -0.2) is 66.8 Å². The van der Waals surface area contributed by atoms with E-state index in [1.54, 1.807) is 0 Å². The van der Waals surface area contributed by atoms with Crippen molar-refractivity contribution >= 4 is 11.9 Å². The average Bonchev–Trinajstić information content (AvgIpc) is 2.69. The summed E-state index contributed by atoms with van der Waals surface area (Å²) in [6.45, 7) is 8.34. The Morgan fingerprint density at radius 1 is 1.07 bits per heavy atom. The summed E-state index contributed by atoms with van der Waals surface area (Å²) < 4.78 is 5.53. The lowest BCUT2D eigenvalue weighted by Crippen LogP contribution is -2.41. The van der Waals surface area contributed by atoms with E-state index in [4.69, 9.17) is 4.74 Å². The van der Waals surface area contributed by atoms with Crippen LogP contribution < -0.4 is 10.2 Å². The Morgan fingerprint density at radius 2 is 1.78 bits per heavy atom. The fourth-order valence-electron chi connectivity index (χ4n) is 3.13. The molecule has 2 heterocycles. The molecule has 0 bridgehead atoms. The minimum Gasteiger partial charge on any atom is -0.379 e. The molecule has 7 nitrogen and oxygen atoms in total. The van der Waals surface area contributed by atoms with Crippen molar-refractivity contribution in [2.24, 2.45) is 0 Å². The van der Waals surface area contributed by atoms with Crippen molar-refractivity contribution in [1.82, 2.24) is 19.9 Å². The van der Waals surface area contributed by atoms with Crippen molar-refractivity contribution in [3.05, 3.63) is 41.7 Å². The number of nitrogens with zero attached hydrogens (tertiary/aromatic N) is 5. The fourth-order valence-corrected chi connectivity index (χ4v) is 3.13. The highest BCUT2D eigenvalue weighted by molar-refractivity contribution is 5.37. The maximum atomic E-state index is 5.53. The number of hydrogen-bond donors (Lipinski definition) is 1. The standard InChI is InChI=1S/C20H30N6O/c1-15(2)18-22-19(24-20(23-18)25(3)4)21-14-17(16-8-6-5-7-9-16)26-10-12-27-13-11-26/h5-9,15,17H,10-14H2,1-4H3,(H,21,22,23,24). The molecule has 0 spiro atoms. The molecule has 1 aliphatic heterocycles. The largest absolute Gasteiger partial charge is 0.379 e. The van der Waals surface area contributed by atoms with Gasteiger partial charge in [0.2, 0.25) is 11.9 Å². The first kappa shape index (κ1) is 19.5. The molecule has 0 saturated carbocycles. The summed E-state index contributed by atoms with van der Waals surface area (Å²) in [6, 6.07) is 10.8. The monoisotopic (exact) mass is 370 g/mol. The highest BCUT2D eigenvalue weighted by Gasteiger charge is 2.23. The minimum atomic E-state index is 0.247. The van der Waals surface area contributed by atoms with Gasteiger partial charge < -0.3 is 15.0 Å². The fraction of sp³-hybridized carbons (Fsp3) is 0.550. The van der Waals surface area contributed by atoms with Gasteiger partial charge >= 0.3 is 0 Å². The topological polar surface area (TPSA) is 66.4 Å². The Kier molecular flexibility index (Phi) is 6.58. The van der Waals surface area contributed by atoms with Gasteiger partial charge in [-0.05, 0) is 5.56 Å². The summed E-state index contributed by atoms with van der Waals surface area (Å²) in [5.74, 6) is 2.36. The van der Waals surface area contributed by atoms with Crippen LogP contribution in [0.3, 0.4) is 0 Å². The van der Waals surface area contributed by atoms with E-state index in [-0.39, 0.29) is 12.0 Å². The van der Waals surface area contributed by atoms with E-state index in [0.717, 1.165) is 38.7 Å². The number of morpholine rings is 1. The zero-order valence-electron chi connectivity index (χ0n) is 16.7. The van der Waals surface area contributed by atoms with Crippen molar-refractivity contribution in [1.29, 1.82) is 0 Å². The Labute approximate surface area is 161 Å². The molecular weight excluding hydrogens is 340 g/mol. The summed E-state index contributed by atoms with van der Waals surface area (Å²) in [5.41, 5.74) is 1.29. The Morgan fingerprint density at radius 3 is 2.41 bits per heavy atom. The summed E-state index contributed by atoms with van der Waals surface area (Å²) in [5, 5.41) is 3.46. The first-order valence-electron chi connectivity index (χ1n) is 9.58. The van der Waals surface area contributed by atoms with Gasteiger partial charge in [0.1, 0.15) is 5.82 Å². The van der Waals surface area contributed by atoms with Crippen molar-refractivity contribution < 1.29 is 4.74 Å². The van der Waals surface area contributed by atoms with E-state index < -0.39 is 0 Å². The van der Waals surface area contributed by atoms with Gasteiger partial charge in [-0.25, -0.2) is 0 Å². The zero-order chi connectivity index (χ0) is 19.2. The van der Waals surface area contributed by atoms with Gasteiger partial charge in [0.05, 0.1) is 19.3 Å². The number of aromatic nitrogens is 3. The average molecular weight is 371 g/mol. The molecule has 27 heavy (non-hydrogen) atoms. The second-order valence-electron chi connectivity index (χ2n) is 7.32. The predicted octanol–water partition coefficient (Wildman–Crippen LogP) is 2.55. The van der Waals surface area contributed by atoms with Crippen molar-refractivity contribution in [3.63, 3.8) is 0 Å². The number of rotatable bonds is 7. The van der Waals surface area contributed by atoms with Gasteiger partial charge in [-0.3, -0.25) is 4.90 Å². The molecule has 1 aliphatic rings. The third-order valence-corrected chi connectivity index (χ3v) is 4.68. The number of hydrogen-bond acceptors (Lipinski definition) is 7. The molecular formula is C20H30N6O. The molecule has 3 rings (SSSR count). The quantitative estimate of drug-likeness (QED) is 0.803. The maximum Gasteiger partial charge on any atom is 0.229 e. The Balaban J connectivity index is 1.80. The molecule has 1 atom stereocenters. The molecule has 1 aromatic heterocycles. The van der Waals surface area contributed by atoms with Gasteiger partial charge in [-0.15, -0.1) is 0 Å². The molecule has 7 heteroatoms. The molecule has 0 radical (unpaired) electrons. The Hall–Kier alpha value is -2.25. The zero-order valence-corrected chi connectivity index (χ0v) is 16.7. The number of nitrogens with one attached hydrogen (secondary N) is 1. The lowest BCUT2D eigenvalue weighted by Gasteiger charge is -2.35. The normalized spacial score (nSPS) is 16.3. The first-order chi connectivity index (χ1) is 13.0. The summed E-state index contributed by atoms with van der Waals surface area (Å²) in [7, 11) is 3.90. The third kappa shape index (κ3) is 5.14. The van der Waals surface area contributed by atoms with Crippen molar-refractivity contribution in [2.75, 3.05) is 57.2 Å². The molecule has 1 N–H and O–H groups in total. The lowest BCUT2D eigenvalue weighted by molar-refractivity contribution is 0.0187. The van der Waals surface area contributed by atoms with E-state index in [1.807, 2.05) is 19.0 Å². The highest BCUT2D eigenvalue weighted by atomic mass is 16.5. The molecule has 0 aliphatic carbocycles. The summed E-state index contributed by atoms with van der Waals surface area (Å²) >= 11 is 0. The molecule has 1 fully saturated rings. The van der Waals surface area contributed by atoms with Crippen LogP contribution in [0.2, 0.25) is 0 Å². The number of anilines is 2. The number of ether oxygens (including phenoxy) is 1. The van der Waals surface area contributed by atoms with E-state index in [0.29, 0.717) is 11.9 Å². The van der Waals surface area contributed by atoms with E-state index in [1.165, 1.54) is 5.56 Å². The lowest BCUT2D eigenvalue weighted by atomic mass is 10.0. The summed E-state index contributed by atoms with van der Waals surface area (Å²) in [4.78, 5) is 18.1. The van der Waals surface area contributed by atoms with E-state index >= 15 is 0 Å². The van der Waals surface area contributed by atoms with Crippen LogP contribution >= 0.6 is 0 Å². The van der Waals surface area contributed by atoms with Crippen molar-refractivity contribution in [2.45, 2.75) is 25.8 Å². The second-order valence-corrected chi connectivity index (χ2v) is 7.32. The van der Waals surface area contributed by atoms with Gasteiger partial charge in [-0.1, -0.05) is 44.2 Å². The van der Waals surface area contributed by atoms with Crippen molar-refractivity contribution in [3.8, 4) is 0 Å². The van der Waals surface area contributed by atoms with Crippen LogP contribution in [0.5, 0.6) is 0 Å². The van der Waals surface area contributed by atoms with E-state index in [9.17, 15) is 0 Å². The predicted molar refractivity (Wildman–Crippen MR) is 108 cm³/mol. The number of benzene rings is 1. The first-order valence-corrected chi connectivity index (χ1v) is 9.58. The molecule has 0 amide bonds. The van der Waals surface area contributed by atoms with Crippen LogP contribution in [0.1, 0.15) is 37.2 Å². The smallest absolute Gasteiger partial charge is 0.229 e.